The third kappa shape index (κ3) is 4.25. The van der Waals surface area contributed by atoms with Gasteiger partial charge in [-0.05, 0) is 83.6 Å². The van der Waals surface area contributed by atoms with E-state index in [-0.39, 0.29) is 5.91 Å². The Balaban J connectivity index is 1.74. The number of aromatic nitrogens is 1. The number of nitrogens with two attached hydrogens (primary N) is 1. The van der Waals surface area contributed by atoms with Gasteiger partial charge < -0.3 is 10.7 Å². The zero-order valence-corrected chi connectivity index (χ0v) is 18.8. The Morgan fingerprint density at radius 2 is 1.93 bits per heavy atom. The van der Waals surface area contributed by atoms with Gasteiger partial charge in [-0.1, -0.05) is 13.8 Å². The Labute approximate surface area is 180 Å². The molecule has 0 aliphatic carbocycles. The number of hydrogen-bond donors (Lipinski definition) is 2. The number of carbonyl (C=O) groups excluding carboxylic acids is 1. The summed E-state index contributed by atoms with van der Waals surface area (Å²) < 4.78 is 0. The molecule has 1 fully saturated rings. The number of thiophene rings is 1. The second-order valence-electron chi connectivity index (χ2n) is 7.70. The second kappa shape index (κ2) is 8.94. The number of nitrogens with one attached hydrogen (secondary N) is 1. The molecule has 1 amide bonds. The number of rotatable bonds is 7. The number of H-pyrrole nitrogens is 1. The maximum absolute atomic E-state index is 12.2. The van der Waals surface area contributed by atoms with Crippen molar-refractivity contribution >= 4 is 39.9 Å². The Morgan fingerprint density at radius 3 is 2.62 bits per heavy atom. The molecule has 0 atom stereocenters. The summed E-state index contributed by atoms with van der Waals surface area (Å²) in [6.45, 7) is 7.46. The van der Waals surface area contributed by atoms with Crippen LogP contribution in [0.15, 0.2) is 29.8 Å². The molecule has 1 aliphatic rings. The van der Waals surface area contributed by atoms with Crippen molar-refractivity contribution in [1.82, 2.24) is 9.88 Å². The number of carbonyl (C=O) groups is 1. The Morgan fingerprint density at radius 1 is 1.17 bits per heavy atom. The van der Waals surface area contributed by atoms with Gasteiger partial charge in [0.25, 0.3) is 5.91 Å². The standard InChI is InChI=1S/C23H29N3OS2/c1-3-26(4-2)13-18-9-17(14-29-18)16-10-19-21(15-5-7-28-8-6-15)12-25-22(19)20(11-16)23(24)27/h9-12,14-15,25H,3-8,13H2,1-2H3,(H2,24,27). The third-order valence-electron chi connectivity index (χ3n) is 6.01. The molecule has 4 rings (SSSR count). The largest absolute Gasteiger partial charge is 0.366 e. The minimum atomic E-state index is -0.372. The molecule has 1 saturated heterocycles. The second-order valence-corrected chi connectivity index (χ2v) is 9.92. The number of benzene rings is 1. The number of aromatic amines is 1. The van der Waals surface area contributed by atoms with Gasteiger partial charge >= 0.3 is 0 Å². The number of thioether (sulfide) groups is 1. The van der Waals surface area contributed by atoms with Gasteiger partial charge in [-0.2, -0.15) is 11.8 Å². The van der Waals surface area contributed by atoms with Crippen molar-refractivity contribution in [3.05, 3.63) is 45.8 Å². The molecule has 2 aromatic heterocycles. The lowest BCUT2D eigenvalue weighted by molar-refractivity contribution is 0.100. The highest BCUT2D eigenvalue weighted by molar-refractivity contribution is 7.99. The lowest BCUT2D eigenvalue weighted by Gasteiger charge is -2.21. The molecule has 3 N–H and O–H groups in total. The van der Waals surface area contributed by atoms with E-state index >= 15 is 0 Å². The summed E-state index contributed by atoms with van der Waals surface area (Å²) in [6.07, 6.45) is 4.49. The van der Waals surface area contributed by atoms with Gasteiger partial charge in [0, 0.05) is 23.0 Å². The van der Waals surface area contributed by atoms with Crippen LogP contribution in [-0.2, 0) is 6.54 Å². The number of amides is 1. The molecule has 29 heavy (non-hydrogen) atoms. The molecule has 0 spiro atoms. The summed E-state index contributed by atoms with van der Waals surface area (Å²) in [4.78, 5) is 19.3. The fourth-order valence-corrected chi connectivity index (χ4v) is 6.28. The molecule has 0 saturated carbocycles. The lowest BCUT2D eigenvalue weighted by atomic mass is 9.91. The van der Waals surface area contributed by atoms with Crippen molar-refractivity contribution in [1.29, 1.82) is 0 Å². The van der Waals surface area contributed by atoms with E-state index < -0.39 is 0 Å². The molecule has 3 heterocycles. The van der Waals surface area contributed by atoms with E-state index in [2.05, 4.69) is 47.4 Å². The number of nitrogens with zero attached hydrogens (tertiary/aromatic N) is 1. The first-order chi connectivity index (χ1) is 14.1. The van der Waals surface area contributed by atoms with Crippen molar-refractivity contribution < 1.29 is 4.79 Å². The van der Waals surface area contributed by atoms with Crippen LogP contribution in [0.25, 0.3) is 22.0 Å². The summed E-state index contributed by atoms with van der Waals surface area (Å²) in [6, 6.07) is 6.46. The van der Waals surface area contributed by atoms with Crippen LogP contribution in [0, 0.1) is 0 Å². The molecule has 6 heteroatoms. The summed E-state index contributed by atoms with van der Waals surface area (Å²) in [5, 5.41) is 3.36. The molecular formula is C23H29N3OS2. The van der Waals surface area contributed by atoms with Crippen LogP contribution in [0.4, 0.5) is 0 Å². The van der Waals surface area contributed by atoms with Crippen LogP contribution < -0.4 is 5.73 Å². The quantitative estimate of drug-likeness (QED) is 0.527. The first-order valence-electron chi connectivity index (χ1n) is 10.4. The fraction of sp³-hybridized carbons (Fsp3) is 0.435. The van der Waals surface area contributed by atoms with E-state index in [0.717, 1.165) is 36.1 Å². The Hall–Kier alpha value is -1.76. The van der Waals surface area contributed by atoms with Crippen LogP contribution in [0.5, 0.6) is 0 Å². The molecule has 1 aromatic carbocycles. The smallest absolute Gasteiger partial charge is 0.250 e. The van der Waals surface area contributed by atoms with Crippen LogP contribution in [0.3, 0.4) is 0 Å². The van der Waals surface area contributed by atoms with Gasteiger partial charge in [0.2, 0.25) is 0 Å². The van der Waals surface area contributed by atoms with E-state index in [1.54, 1.807) is 11.3 Å². The maximum Gasteiger partial charge on any atom is 0.250 e. The van der Waals surface area contributed by atoms with E-state index in [1.807, 2.05) is 17.8 Å². The Bertz CT molecular complexity index is 997. The predicted octanol–water partition coefficient (Wildman–Crippen LogP) is 5.45. The summed E-state index contributed by atoms with van der Waals surface area (Å²) in [5.74, 6) is 2.60. The van der Waals surface area contributed by atoms with E-state index in [4.69, 9.17) is 5.73 Å². The lowest BCUT2D eigenvalue weighted by Crippen LogP contribution is -2.21. The van der Waals surface area contributed by atoms with Crippen LogP contribution >= 0.6 is 23.1 Å². The average molecular weight is 428 g/mol. The molecule has 0 unspecified atom stereocenters. The number of hydrogen-bond acceptors (Lipinski definition) is 4. The summed E-state index contributed by atoms with van der Waals surface area (Å²) in [7, 11) is 0. The highest BCUT2D eigenvalue weighted by atomic mass is 32.2. The first-order valence-corrected chi connectivity index (χ1v) is 12.5. The minimum Gasteiger partial charge on any atom is -0.366 e. The van der Waals surface area contributed by atoms with Gasteiger partial charge in [-0.3, -0.25) is 9.69 Å². The average Bonchev–Trinajstić information content (AvgIpc) is 3.38. The molecule has 1 aliphatic heterocycles. The molecule has 154 valence electrons. The normalized spacial score (nSPS) is 15.4. The Kier molecular flexibility index (Phi) is 6.32. The number of primary amides is 1. The van der Waals surface area contributed by atoms with Gasteiger partial charge in [0.1, 0.15) is 0 Å². The SMILES string of the molecule is CCN(CC)Cc1cc(-c2cc(C(N)=O)c3[nH]cc(C4CCSCC4)c3c2)cs1. The van der Waals surface area contributed by atoms with E-state index in [9.17, 15) is 4.79 Å². The van der Waals surface area contributed by atoms with Gasteiger partial charge in [-0.25, -0.2) is 0 Å². The van der Waals surface area contributed by atoms with Gasteiger partial charge in [0.05, 0.1) is 11.1 Å². The summed E-state index contributed by atoms with van der Waals surface area (Å²) in [5.41, 5.74) is 10.8. The minimum absolute atomic E-state index is 0.372. The van der Waals surface area contributed by atoms with Gasteiger partial charge in [-0.15, -0.1) is 11.3 Å². The molecule has 0 bridgehead atoms. The zero-order chi connectivity index (χ0) is 20.4. The zero-order valence-electron chi connectivity index (χ0n) is 17.2. The van der Waals surface area contributed by atoms with Crippen molar-refractivity contribution in [2.45, 2.75) is 39.2 Å². The van der Waals surface area contributed by atoms with Crippen LogP contribution in [0.2, 0.25) is 0 Å². The van der Waals surface area contributed by atoms with Crippen LogP contribution in [-0.4, -0.2) is 40.4 Å². The van der Waals surface area contributed by atoms with Crippen molar-refractivity contribution in [2.75, 3.05) is 24.6 Å². The predicted molar refractivity (Wildman–Crippen MR) is 126 cm³/mol. The van der Waals surface area contributed by atoms with Crippen molar-refractivity contribution in [3.8, 4) is 11.1 Å². The molecule has 0 radical (unpaired) electrons. The fourth-order valence-electron chi connectivity index (χ4n) is 4.24. The highest BCUT2D eigenvalue weighted by Crippen LogP contribution is 2.38. The summed E-state index contributed by atoms with van der Waals surface area (Å²) >= 11 is 3.82. The van der Waals surface area contributed by atoms with Gasteiger partial charge in [0.15, 0.2) is 0 Å². The van der Waals surface area contributed by atoms with Crippen molar-refractivity contribution in [2.24, 2.45) is 5.73 Å². The maximum atomic E-state index is 12.2. The van der Waals surface area contributed by atoms with E-state index in [0.29, 0.717) is 11.5 Å². The monoisotopic (exact) mass is 427 g/mol. The first kappa shape index (κ1) is 20.5. The van der Waals surface area contributed by atoms with E-state index in [1.165, 1.54) is 40.4 Å². The highest BCUT2D eigenvalue weighted by Gasteiger charge is 2.22. The molecule has 4 nitrogen and oxygen atoms in total. The molecule has 3 aromatic rings. The third-order valence-corrected chi connectivity index (χ3v) is 7.98. The molecular weight excluding hydrogens is 398 g/mol. The number of fused-ring (bicyclic) bond motifs is 1. The van der Waals surface area contributed by atoms with Crippen LogP contribution in [0.1, 0.15) is 53.4 Å². The topological polar surface area (TPSA) is 62.1 Å². The van der Waals surface area contributed by atoms with Crippen molar-refractivity contribution in [3.63, 3.8) is 0 Å².